The number of carboxylic acids is 1. The van der Waals surface area contributed by atoms with Crippen LogP contribution in [0.2, 0.25) is 0 Å². The number of hydrogen-bond acceptors (Lipinski definition) is 3. The largest absolute Gasteiger partial charge is 0.489 e. The summed E-state index contributed by atoms with van der Waals surface area (Å²) < 4.78 is 6.10. The summed E-state index contributed by atoms with van der Waals surface area (Å²) in [5, 5.41) is 9.56. The second-order valence-corrected chi connectivity index (χ2v) is 9.03. The lowest BCUT2D eigenvalue weighted by Gasteiger charge is -2.35. The fraction of sp³-hybridized carbons (Fsp3) is 0.321. The Morgan fingerprint density at radius 2 is 1.69 bits per heavy atom. The minimum atomic E-state index is -0.897. The number of rotatable bonds is 5. The molecule has 0 saturated carbocycles. The zero-order valence-corrected chi connectivity index (χ0v) is 18.2. The number of aromatic carboxylic acids is 1. The summed E-state index contributed by atoms with van der Waals surface area (Å²) in [5.74, 6) is 0.735. The number of ether oxygens (including phenoxy) is 1. The highest BCUT2D eigenvalue weighted by Gasteiger charge is 2.29. The van der Waals surface area contributed by atoms with Crippen LogP contribution in [-0.4, -0.2) is 35.6 Å². The van der Waals surface area contributed by atoms with Crippen LogP contribution in [0, 0.1) is 5.92 Å². The van der Waals surface area contributed by atoms with E-state index in [4.69, 9.17) is 4.74 Å². The summed E-state index contributed by atoms with van der Waals surface area (Å²) in [7, 11) is 0. The van der Waals surface area contributed by atoms with Crippen molar-refractivity contribution < 1.29 is 14.6 Å². The molecule has 3 aromatic carbocycles. The minimum Gasteiger partial charge on any atom is -0.489 e. The van der Waals surface area contributed by atoms with Gasteiger partial charge in [-0.25, -0.2) is 4.79 Å². The molecule has 1 unspecified atom stereocenters. The summed E-state index contributed by atoms with van der Waals surface area (Å²) in [5.41, 5.74) is 5.17. The molecule has 1 fully saturated rings. The normalized spacial score (nSPS) is 18.8. The SMILES string of the molecule is O=C(O)c1ccc2c(c1)C(CN1CCC(Cc3ccccc3)CC1)c1ccccc1CO2. The summed E-state index contributed by atoms with van der Waals surface area (Å²) in [6, 6.07) is 24.5. The van der Waals surface area contributed by atoms with E-state index in [0.29, 0.717) is 12.2 Å². The first-order valence-corrected chi connectivity index (χ1v) is 11.5. The summed E-state index contributed by atoms with van der Waals surface area (Å²) in [6.45, 7) is 3.55. The summed E-state index contributed by atoms with van der Waals surface area (Å²) in [4.78, 5) is 14.2. The van der Waals surface area contributed by atoms with Gasteiger partial charge in [-0.3, -0.25) is 0 Å². The van der Waals surface area contributed by atoms with Gasteiger partial charge in [-0.2, -0.15) is 0 Å². The van der Waals surface area contributed by atoms with Gasteiger partial charge in [-0.1, -0.05) is 54.6 Å². The van der Waals surface area contributed by atoms with Crippen molar-refractivity contribution in [2.24, 2.45) is 5.92 Å². The molecule has 1 atom stereocenters. The molecule has 0 aromatic heterocycles. The zero-order chi connectivity index (χ0) is 21.9. The molecule has 5 rings (SSSR count). The van der Waals surface area contributed by atoms with Crippen molar-refractivity contribution in [1.82, 2.24) is 4.90 Å². The Bertz CT molecular complexity index is 1090. The van der Waals surface area contributed by atoms with E-state index in [1.807, 2.05) is 18.2 Å². The van der Waals surface area contributed by atoms with Crippen LogP contribution in [0.3, 0.4) is 0 Å². The van der Waals surface area contributed by atoms with Crippen molar-refractivity contribution in [2.45, 2.75) is 31.8 Å². The van der Waals surface area contributed by atoms with Gasteiger partial charge in [0.05, 0.1) is 5.56 Å². The average molecular weight is 428 g/mol. The van der Waals surface area contributed by atoms with Gasteiger partial charge >= 0.3 is 5.97 Å². The molecular formula is C28H29NO3. The first-order valence-electron chi connectivity index (χ1n) is 11.5. The Morgan fingerprint density at radius 1 is 0.938 bits per heavy atom. The van der Waals surface area contributed by atoms with Crippen molar-refractivity contribution in [3.05, 3.63) is 101 Å². The number of fused-ring (bicyclic) bond motifs is 2. The molecule has 2 heterocycles. The van der Waals surface area contributed by atoms with Crippen molar-refractivity contribution in [3.63, 3.8) is 0 Å². The molecular weight excluding hydrogens is 398 g/mol. The maximum atomic E-state index is 11.6. The average Bonchev–Trinajstić information content (AvgIpc) is 2.98. The van der Waals surface area contributed by atoms with E-state index in [1.165, 1.54) is 29.5 Å². The van der Waals surface area contributed by atoms with Crippen LogP contribution in [0.4, 0.5) is 0 Å². The van der Waals surface area contributed by atoms with Crippen LogP contribution in [0.25, 0.3) is 0 Å². The van der Waals surface area contributed by atoms with Crippen LogP contribution < -0.4 is 4.74 Å². The highest BCUT2D eigenvalue weighted by Crippen LogP contribution is 2.39. The van der Waals surface area contributed by atoms with E-state index in [1.54, 1.807) is 6.07 Å². The van der Waals surface area contributed by atoms with E-state index < -0.39 is 5.97 Å². The standard InChI is InChI=1S/C28H29NO3/c30-28(31)22-10-11-27-25(17-22)26(24-9-5-4-8-23(24)19-32-27)18-29-14-12-21(13-15-29)16-20-6-2-1-3-7-20/h1-11,17,21,26H,12-16,18-19H2,(H,30,31). The minimum absolute atomic E-state index is 0.105. The van der Waals surface area contributed by atoms with E-state index in [0.717, 1.165) is 43.3 Å². The molecule has 1 N–H and O–H groups in total. The van der Waals surface area contributed by atoms with Gasteiger partial charge in [-0.05, 0) is 73.2 Å². The topological polar surface area (TPSA) is 49.8 Å². The number of likely N-dealkylation sites (tertiary alicyclic amines) is 1. The molecule has 4 heteroatoms. The van der Waals surface area contributed by atoms with E-state index in [2.05, 4.69) is 53.4 Å². The highest BCUT2D eigenvalue weighted by molar-refractivity contribution is 5.88. The van der Waals surface area contributed by atoms with E-state index in [9.17, 15) is 9.90 Å². The number of carboxylic acid groups (broad SMARTS) is 1. The monoisotopic (exact) mass is 427 g/mol. The molecule has 0 spiro atoms. The lowest BCUT2D eigenvalue weighted by atomic mass is 9.85. The lowest BCUT2D eigenvalue weighted by molar-refractivity contribution is 0.0696. The fourth-order valence-electron chi connectivity index (χ4n) is 5.19. The number of piperidine rings is 1. The number of benzene rings is 3. The predicted octanol–water partition coefficient (Wildman–Crippen LogP) is 5.36. The Hall–Kier alpha value is -3.11. The molecule has 4 nitrogen and oxygen atoms in total. The van der Waals surface area contributed by atoms with Crippen molar-refractivity contribution in [1.29, 1.82) is 0 Å². The molecule has 32 heavy (non-hydrogen) atoms. The Kier molecular flexibility index (Phi) is 5.95. The van der Waals surface area contributed by atoms with E-state index in [-0.39, 0.29) is 5.92 Å². The van der Waals surface area contributed by atoms with Gasteiger partial charge in [-0.15, -0.1) is 0 Å². The molecule has 0 radical (unpaired) electrons. The molecule has 0 bridgehead atoms. The van der Waals surface area contributed by atoms with Gasteiger partial charge in [0.25, 0.3) is 0 Å². The van der Waals surface area contributed by atoms with Gasteiger partial charge < -0.3 is 14.7 Å². The molecule has 3 aromatic rings. The van der Waals surface area contributed by atoms with Gasteiger partial charge in [0.1, 0.15) is 12.4 Å². The molecule has 1 saturated heterocycles. The van der Waals surface area contributed by atoms with Crippen LogP contribution in [0.5, 0.6) is 5.75 Å². The molecule has 0 aliphatic carbocycles. The zero-order valence-electron chi connectivity index (χ0n) is 18.2. The molecule has 2 aliphatic heterocycles. The van der Waals surface area contributed by atoms with Crippen LogP contribution in [0.1, 0.15) is 51.4 Å². The van der Waals surface area contributed by atoms with Crippen LogP contribution in [-0.2, 0) is 13.0 Å². The lowest BCUT2D eigenvalue weighted by Crippen LogP contribution is -2.37. The third-order valence-electron chi connectivity index (χ3n) is 6.96. The Balaban J connectivity index is 1.36. The third-order valence-corrected chi connectivity index (χ3v) is 6.96. The predicted molar refractivity (Wildman–Crippen MR) is 125 cm³/mol. The first-order chi connectivity index (χ1) is 15.7. The Labute approximate surface area is 189 Å². The second kappa shape index (κ2) is 9.17. The molecule has 0 amide bonds. The number of carbonyl (C=O) groups is 1. The number of hydrogen-bond donors (Lipinski definition) is 1. The Morgan fingerprint density at radius 3 is 2.47 bits per heavy atom. The van der Waals surface area contributed by atoms with Crippen LogP contribution in [0.15, 0.2) is 72.8 Å². The highest BCUT2D eigenvalue weighted by atomic mass is 16.5. The summed E-state index contributed by atoms with van der Waals surface area (Å²) >= 11 is 0. The first kappa shape index (κ1) is 20.8. The maximum absolute atomic E-state index is 11.6. The van der Waals surface area contributed by atoms with Gasteiger partial charge in [0.2, 0.25) is 0 Å². The smallest absolute Gasteiger partial charge is 0.335 e. The van der Waals surface area contributed by atoms with E-state index >= 15 is 0 Å². The van der Waals surface area contributed by atoms with Crippen molar-refractivity contribution >= 4 is 5.97 Å². The summed E-state index contributed by atoms with van der Waals surface area (Å²) in [6.07, 6.45) is 3.54. The molecule has 164 valence electrons. The fourth-order valence-corrected chi connectivity index (χ4v) is 5.19. The number of nitrogens with zero attached hydrogens (tertiary/aromatic N) is 1. The molecule has 2 aliphatic rings. The van der Waals surface area contributed by atoms with Crippen LogP contribution >= 0.6 is 0 Å². The quantitative estimate of drug-likeness (QED) is 0.595. The maximum Gasteiger partial charge on any atom is 0.335 e. The van der Waals surface area contributed by atoms with Gasteiger partial charge in [0.15, 0.2) is 0 Å². The van der Waals surface area contributed by atoms with Crippen molar-refractivity contribution in [2.75, 3.05) is 19.6 Å². The van der Waals surface area contributed by atoms with Crippen molar-refractivity contribution in [3.8, 4) is 5.75 Å². The second-order valence-electron chi connectivity index (χ2n) is 9.03. The third kappa shape index (κ3) is 4.42. The van der Waals surface area contributed by atoms with Gasteiger partial charge in [0, 0.05) is 18.0 Å².